The van der Waals surface area contributed by atoms with Crippen LogP contribution >= 0.6 is 0 Å². The van der Waals surface area contributed by atoms with E-state index >= 15 is 0 Å². The first-order chi connectivity index (χ1) is 33.8. The van der Waals surface area contributed by atoms with Crippen molar-refractivity contribution in [2.75, 3.05) is 163 Å². The first kappa shape index (κ1) is 57.2. The number of carbonyl (C=O) groups excluding carboxylic acids is 2. The standard InChI is InChI=1S/C50H70N2O16S/c1-43-10-14-47(15-11-43)69(55,56)68-41-40-67-39-38-66-37-36-65-35-34-64-33-32-63-31-30-62-29-28-61-27-26-60-25-24-59-23-22-58-21-20-57-19-18-51-49(53)16-17-50(54)52-42-46-8-3-2-6-44(46)12-13-45-7-4-5-9-48(45)52/h2-11,14-15H,16-42H2,1H3,(H,51,53). The Hall–Kier alpha value is -4.37. The normalized spacial score (nSPS) is 12.2. The van der Waals surface area contributed by atoms with Gasteiger partial charge in [0.2, 0.25) is 11.8 Å². The van der Waals surface area contributed by atoms with E-state index in [-0.39, 0.29) is 42.8 Å². The van der Waals surface area contributed by atoms with Gasteiger partial charge in [0, 0.05) is 30.5 Å². The predicted octanol–water partition coefficient (Wildman–Crippen LogP) is 3.73. The summed E-state index contributed by atoms with van der Waals surface area (Å²) in [6.07, 6.45) is 0.159. The van der Waals surface area contributed by atoms with Crippen LogP contribution in [0.2, 0.25) is 0 Å². The summed E-state index contributed by atoms with van der Waals surface area (Å²) in [4.78, 5) is 27.6. The highest BCUT2D eigenvalue weighted by molar-refractivity contribution is 7.86. The number of hydrogen-bond acceptors (Lipinski definition) is 16. The smallest absolute Gasteiger partial charge is 0.297 e. The highest BCUT2D eigenvalue weighted by atomic mass is 32.2. The minimum absolute atomic E-state index is 0.0701. The van der Waals surface area contributed by atoms with Crippen molar-refractivity contribution in [3.05, 3.63) is 95.1 Å². The van der Waals surface area contributed by atoms with Gasteiger partial charge < -0.3 is 62.3 Å². The topological polar surface area (TPSA) is 194 Å². The Bertz CT molecular complexity index is 2030. The van der Waals surface area contributed by atoms with Crippen LogP contribution in [0.4, 0.5) is 5.69 Å². The number of rotatable bonds is 41. The molecular formula is C50H70N2O16S. The maximum absolute atomic E-state index is 13.3. The number of nitrogens with one attached hydrogen (secondary N) is 1. The zero-order chi connectivity index (χ0) is 48.9. The van der Waals surface area contributed by atoms with E-state index in [9.17, 15) is 18.0 Å². The van der Waals surface area contributed by atoms with Crippen LogP contribution in [0.15, 0.2) is 77.7 Å². The van der Waals surface area contributed by atoms with Crippen LogP contribution in [0.3, 0.4) is 0 Å². The number of amides is 2. The van der Waals surface area contributed by atoms with Crippen LogP contribution in [-0.2, 0) is 82.5 Å². The van der Waals surface area contributed by atoms with Crippen molar-refractivity contribution in [3.63, 3.8) is 0 Å². The Balaban J connectivity index is 0.792. The number of fused-ring (bicyclic) bond motifs is 2. The molecular weight excluding hydrogens is 917 g/mol. The molecule has 0 unspecified atom stereocenters. The molecule has 0 radical (unpaired) electrons. The number of benzene rings is 3. The molecule has 1 N–H and O–H groups in total. The summed E-state index contributed by atoms with van der Waals surface area (Å²) in [5, 5.41) is 2.81. The summed E-state index contributed by atoms with van der Waals surface area (Å²) < 4.78 is 89.6. The van der Waals surface area contributed by atoms with Gasteiger partial charge in [0.25, 0.3) is 10.1 Å². The molecule has 382 valence electrons. The Labute approximate surface area is 407 Å². The third kappa shape index (κ3) is 25.9. The van der Waals surface area contributed by atoms with E-state index in [1.165, 1.54) is 12.1 Å². The van der Waals surface area contributed by atoms with E-state index in [0.29, 0.717) is 152 Å². The second kappa shape index (κ2) is 36.6. The van der Waals surface area contributed by atoms with Gasteiger partial charge in [-0.1, -0.05) is 59.9 Å². The molecule has 0 saturated carbocycles. The van der Waals surface area contributed by atoms with Crippen molar-refractivity contribution in [3.8, 4) is 11.8 Å². The highest BCUT2D eigenvalue weighted by Crippen LogP contribution is 2.26. The number of ether oxygens (including phenoxy) is 11. The minimum Gasteiger partial charge on any atom is -0.377 e. The Kier molecular flexibility index (Phi) is 30.3. The van der Waals surface area contributed by atoms with E-state index in [0.717, 1.165) is 27.9 Å². The van der Waals surface area contributed by atoms with Gasteiger partial charge in [0.15, 0.2) is 0 Å². The van der Waals surface area contributed by atoms with Crippen molar-refractivity contribution in [2.45, 2.75) is 31.2 Å². The summed E-state index contributed by atoms with van der Waals surface area (Å²) >= 11 is 0. The lowest BCUT2D eigenvalue weighted by molar-refractivity contribution is -0.125. The lowest BCUT2D eigenvalue weighted by atomic mass is 10.0. The zero-order valence-electron chi connectivity index (χ0n) is 39.9. The molecule has 19 heteroatoms. The highest BCUT2D eigenvalue weighted by Gasteiger charge is 2.22. The van der Waals surface area contributed by atoms with Crippen LogP contribution in [-0.4, -0.2) is 179 Å². The maximum atomic E-state index is 13.3. The lowest BCUT2D eigenvalue weighted by Crippen LogP contribution is -2.34. The van der Waals surface area contributed by atoms with Gasteiger partial charge in [-0.05, 0) is 42.8 Å². The molecule has 0 bridgehead atoms. The molecule has 0 aliphatic carbocycles. The predicted molar refractivity (Wildman–Crippen MR) is 256 cm³/mol. The van der Waals surface area contributed by atoms with Gasteiger partial charge in [-0.15, -0.1) is 0 Å². The number of nitrogens with zero attached hydrogens (tertiary/aromatic N) is 1. The lowest BCUT2D eigenvalue weighted by Gasteiger charge is -2.26. The van der Waals surface area contributed by atoms with E-state index in [1.54, 1.807) is 17.0 Å². The average molecular weight is 987 g/mol. The monoisotopic (exact) mass is 986 g/mol. The fraction of sp³-hybridized carbons (Fsp3) is 0.560. The quantitative estimate of drug-likeness (QED) is 0.0491. The minimum atomic E-state index is -3.79. The molecule has 0 aromatic heterocycles. The van der Waals surface area contributed by atoms with Crippen LogP contribution < -0.4 is 10.2 Å². The summed E-state index contributed by atoms with van der Waals surface area (Å²) in [6, 6.07) is 21.8. The van der Waals surface area contributed by atoms with Gasteiger partial charge in [0.05, 0.1) is 169 Å². The van der Waals surface area contributed by atoms with E-state index in [2.05, 4.69) is 17.2 Å². The summed E-state index contributed by atoms with van der Waals surface area (Å²) in [6.45, 7) is 11.6. The van der Waals surface area contributed by atoms with E-state index in [4.69, 9.17) is 56.3 Å². The molecule has 69 heavy (non-hydrogen) atoms. The maximum Gasteiger partial charge on any atom is 0.297 e. The molecule has 0 fully saturated rings. The molecule has 1 aliphatic heterocycles. The third-order valence-corrected chi connectivity index (χ3v) is 11.1. The fourth-order valence-electron chi connectivity index (χ4n) is 6.19. The van der Waals surface area contributed by atoms with E-state index < -0.39 is 10.1 Å². The second-order valence-corrected chi connectivity index (χ2v) is 16.7. The van der Waals surface area contributed by atoms with Crippen molar-refractivity contribution in [1.82, 2.24) is 5.32 Å². The van der Waals surface area contributed by atoms with Gasteiger partial charge in [-0.25, -0.2) is 0 Å². The van der Waals surface area contributed by atoms with Gasteiger partial charge >= 0.3 is 0 Å². The SMILES string of the molecule is Cc1ccc(S(=O)(=O)OCCOCCOCCOCCOCCOCCOCCOCCOCCOCCOCCOCCNC(=O)CCC(=O)N2Cc3ccccc3C#Cc3ccccc32)cc1. The zero-order valence-corrected chi connectivity index (χ0v) is 40.7. The molecule has 1 heterocycles. The third-order valence-electron chi connectivity index (χ3n) is 9.80. The molecule has 18 nitrogen and oxygen atoms in total. The molecule has 4 rings (SSSR count). The average Bonchev–Trinajstić information content (AvgIpc) is 3.35. The van der Waals surface area contributed by atoms with Crippen LogP contribution in [0, 0.1) is 18.8 Å². The summed E-state index contributed by atoms with van der Waals surface area (Å²) in [5.41, 5.74) is 4.35. The molecule has 2 amide bonds. The number of hydrogen-bond donors (Lipinski definition) is 1. The fourth-order valence-corrected chi connectivity index (χ4v) is 7.08. The van der Waals surface area contributed by atoms with Crippen molar-refractivity contribution in [1.29, 1.82) is 0 Å². The van der Waals surface area contributed by atoms with Crippen LogP contribution in [0.1, 0.15) is 35.1 Å². The van der Waals surface area contributed by atoms with E-state index in [1.807, 2.05) is 55.5 Å². The van der Waals surface area contributed by atoms with Crippen molar-refractivity contribution >= 4 is 27.6 Å². The second-order valence-electron chi connectivity index (χ2n) is 15.1. The van der Waals surface area contributed by atoms with Crippen molar-refractivity contribution in [2.24, 2.45) is 0 Å². The first-order valence-electron chi connectivity index (χ1n) is 23.4. The molecule has 3 aromatic carbocycles. The van der Waals surface area contributed by atoms with Gasteiger partial charge in [-0.2, -0.15) is 8.42 Å². The number of para-hydroxylation sites is 1. The summed E-state index contributed by atoms with van der Waals surface area (Å²) in [7, 11) is -3.79. The summed E-state index contributed by atoms with van der Waals surface area (Å²) in [5.74, 6) is 6.06. The molecule has 0 atom stereocenters. The number of carbonyl (C=O) groups is 2. The largest absolute Gasteiger partial charge is 0.377 e. The molecule has 1 aliphatic rings. The van der Waals surface area contributed by atoms with Crippen LogP contribution in [0.25, 0.3) is 0 Å². The number of aryl methyl sites for hydroxylation is 1. The Morgan fingerprint density at radius 3 is 1.36 bits per heavy atom. The van der Waals surface area contributed by atoms with Crippen LogP contribution in [0.5, 0.6) is 0 Å². The first-order valence-corrected chi connectivity index (χ1v) is 24.8. The van der Waals surface area contributed by atoms with Crippen molar-refractivity contribution < 1.29 is 74.3 Å². The Morgan fingerprint density at radius 1 is 0.493 bits per heavy atom. The number of anilines is 1. The van der Waals surface area contributed by atoms with Gasteiger partial charge in [0.1, 0.15) is 0 Å². The molecule has 0 spiro atoms. The Morgan fingerprint density at radius 2 is 0.884 bits per heavy atom. The molecule has 0 saturated heterocycles. The molecule has 3 aromatic rings. The van der Waals surface area contributed by atoms with Gasteiger partial charge in [-0.3, -0.25) is 13.8 Å².